The molecule has 0 heterocycles. The van der Waals surface area contributed by atoms with Crippen molar-refractivity contribution in [1.82, 2.24) is 5.32 Å². The lowest BCUT2D eigenvalue weighted by Gasteiger charge is -2.09. The summed E-state index contributed by atoms with van der Waals surface area (Å²) >= 11 is 5.11. The summed E-state index contributed by atoms with van der Waals surface area (Å²) in [5, 5.41) is 4.42. The molecule has 1 amide bonds. The van der Waals surface area contributed by atoms with Crippen molar-refractivity contribution >= 4 is 33.6 Å². The van der Waals surface area contributed by atoms with Gasteiger partial charge in [-0.15, -0.1) is 0 Å². The number of hydrogen-bond donors (Lipinski definition) is 1. The zero-order valence-electron chi connectivity index (χ0n) is 8.31. The number of thioether (sulfide) groups is 1. The zero-order chi connectivity index (χ0) is 10.1. The van der Waals surface area contributed by atoms with Crippen LogP contribution in [0.2, 0.25) is 0 Å². The van der Waals surface area contributed by atoms with Gasteiger partial charge in [-0.1, -0.05) is 22.9 Å². The van der Waals surface area contributed by atoms with Crippen molar-refractivity contribution in [2.24, 2.45) is 0 Å². The van der Waals surface area contributed by atoms with E-state index in [4.69, 9.17) is 0 Å². The first-order valence-corrected chi connectivity index (χ1v) is 6.97. The van der Waals surface area contributed by atoms with Crippen LogP contribution in [-0.2, 0) is 4.79 Å². The highest BCUT2D eigenvalue weighted by molar-refractivity contribution is 9.09. The normalized spacial score (nSPS) is 12.5. The molecule has 0 spiro atoms. The smallest absolute Gasteiger partial charge is 0.220 e. The molecule has 4 heteroatoms. The molecule has 0 aliphatic heterocycles. The number of hydrogen-bond acceptors (Lipinski definition) is 2. The van der Waals surface area contributed by atoms with Crippen LogP contribution < -0.4 is 5.32 Å². The molecule has 1 atom stereocenters. The molecule has 13 heavy (non-hydrogen) atoms. The van der Waals surface area contributed by atoms with Crippen molar-refractivity contribution in [3.8, 4) is 0 Å². The van der Waals surface area contributed by atoms with Gasteiger partial charge < -0.3 is 5.32 Å². The van der Waals surface area contributed by atoms with E-state index >= 15 is 0 Å². The molecule has 0 saturated heterocycles. The van der Waals surface area contributed by atoms with Crippen molar-refractivity contribution < 1.29 is 4.79 Å². The predicted octanol–water partition coefficient (Wildman–Crippen LogP) is 2.42. The third-order valence-electron chi connectivity index (χ3n) is 1.78. The van der Waals surface area contributed by atoms with Gasteiger partial charge >= 0.3 is 0 Å². The van der Waals surface area contributed by atoms with E-state index in [1.807, 2.05) is 0 Å². The lowest BCUT2D eigenvalue weighted by molar-refractivity contribution is -0.121. The van der Waals surface area contributed by atoms with Crippen LogP contribution in [0.5, 0.6) is 0 Å². The van der Waals surface area contributed by atoms with E-state index in [1.54, 1.807) is 11.8 Å². The van der Waals surface area contributed by atoms with Crippen LogP contribution in [-0.4, -0.2) is 29.3 Å². The Kier molecular flexibility index (Phi) is 9.08. The zero-order valence-corrected chi connectivity index (χ0v) is 10.7. The standard InChI is InChI=1S/C9H18BrNOS/c1-8(13-2)7-11-9(12)5-3-4-6-10/h8H,3-7H2,1-2H3,(H,11,12). The molecule has 0 saturated carbocycles. The highest BCUT2D eigenvalue weighted by Crippen LogP contribution is 2.03. The maximum Gasteiger partial charge on any atom is 0.220 e. The Labute approximate surface area is 93.4 Å². The fourth-order valence-electron chi connectivity index (χ4n) is 0.809. The lowest BCUT2D eigenvalue weighted by atomic mass is 10.2. The number of carbonyl (C=O) groups is 1. The number of alkyl halides is 1. The van der Waals surface area contributed by atoms with Crippen molar-refractivity contribution in [2.75, 3.05) is 18.1 Å². The van der Waals surface area contributed by atoms with Crippen LogP contribution in [0, 0.1) is 0 Å². The summed E-state index contributed by atoms with van der Waals surface area (Å²) in [7, 11) is 0. The van der Waals surface area contributed by atoms with Gasteiger partial charge in [-0.2, -0.15) is 11.8 Å². The van der Waals surface area contributed by atoms with Crippen molar-refractivity contribution in [3.05, 3.63) is 0 Å². The quantitative estimate of drug-likeness (QED) is 0.567. The van der Waals surface area contributed by atoms with Gasteiger partial charge in [-0.05, 0) is 19.1 Å². The van der Waals surface area contributed by atoms with Crippen molar-refractivity contribution in [2.45, 2.75) is 31.4 Å². The largest absolute Gasteiger partial charge is 0.355 e. The molecular weight excluding hydrogens is 250 g/mol. The Bertz CT molecular complexity index is 144. The molecule has 0 radical (unpaired) electrons. The SMILES string of the molecule is CSC(C)CNC(=O)CCCCBr. The molecule has 0 bridgehead atoms. The number of carbonyl (C=O) groups excluding carboxylic acids is 1. The van der Waals surface area contributed by atoms with Crippen LogP contribution in [0.1, 0.15) is 26.2 Å². The maximum absolute atomic E-state index is 11.2. The predicted molar refractivity (Wildman–Crippen MR) is 63.6 cm³/mol. The molecular formula is C9H18BrNOS. The topological polar surface area (TPSA) is 29.1 Å². The van der Waals surface area contributed by atoms with Gasteiger partial charge in [0.05, 0.1) is 0 Å². The van der Waals surface area contributed by atoms with Crippen LogP contribution in [0.15, 0.2) is 0 Å². The Morgan fingerprint density at radius 3 is 2.77 bits per heavy atom. The molecule has 78 valence electrons. The summed E-state index contributed by atoms with van der Waals surface area (Å²) in [4.78, 5) is 11.2. The van der Waals surface area contributed by atoms with Crippen LogP contribution in [0.25, 0.3) is 0 Å². The monoisotopic (exact) mass is 267 g/mol. The number of nitrogens with one attached hydrogen (secondary N) is 1. The van der Waals surface area contributed by atoms with Crippen LogP contribution >= 0.6 is 27.7 Å². The summed E-state index contributed by atoms with van der Waals surface area (Å²) in [6.07, 6.45) is 4.77. The summed E-state index contributed by atoms with van der Waals surface area (Å²) in [5.41, 5.74) is 0. The van der Waals surface area contributed by atoms with Gasteiger partial charge in [-0.3, -0.25) is 4.79 Å². The molecule has 0 aromatic carbocycles. The third kappa shape index (κ3) is 8.63. The highest BCUT2D eigenvalue weighted by atomic mass is 79.9. The second-order valence-corrected chi connectivity index (χ2v) is 5.07. The first-order chi connectivity index (χ1) is 6.20. The van der Waals surface area contributed by atoms with Crippen molar-refractivity contribution in [1.29, 1.82) is 0 Å². The molecule has 0 aromatic heterocycles. The van der Waals surface area contributed by atoms with E-state index in [0.717, 1.165) is 24.7 Å². The number of unbranched alkanes of at least 4 members (excludes halogenated alkanes) is 1. The van der Waals surface area contributed by atoms with Crippen LogP contribution in [0.4, 0.5) is 0 Å². The minimum atomic E-state index is 0.182. The lowest BCUT2D eigenvalue weighted by Crippen LogP contribution is -2.29. The van der Waals surface area contributed by atoms with Crippen molar-refractivity contribution in [3.63, 3.8) is 0 Å². The van der Waals surface area contributed by atoms with Gasteiger partial charge in [-0.25, -0.2) is 0 Å². The van der Waals surface area contributed by atoms with Crippen LogP contribution in [0.3, 0.4) is 0 Å². The molecule has 0 fully saturated rings. The Hall–Kier alpha value is 0.300. The summed E-state index contributed by atoms with van der Waals surface area (Å²) in [6, 6.07) is 0. The van der Waals surface area contributed by atoms with E-state index in [9.17, 15) is 4.79 Å². The van der Waals surface area contributed by atoms with Gasteiger partial charge in [0, 0.05) is 23.5 Å². The maximum atomic E-state index is 11.2. The Morgan fingerprint density at radius 1 is 1.54 bits per heavy atom. The average molecular weight is 268 g/mol. The Morgan fingerprint density at radius 2 is 2.23 bits per heavy atom. The molecule has 0 aliphatic rings. The fourth-order valence-corrected chi connectivity index (χ4v) is 1.46. The third-order valence-corrected chi connectivity index (χ3v) is 3.31. The first kappa shape index (κ1) is 13.3. The van der Waals surface area contributed by atoms with Gasteiger partial charge in [0.2, 0.25) is 5.91 Å². The Balaban J connectivity index is 3.30. The van der Waals surface area contributed by atoms with Gasteiger partial charge in [0.15, 0.2) is 0 Å². The van der Waals surface area contributed by atoms with Gasteiger partial charge in [0.25, 0.3) is 0 Å². The molecule has 1 N–H and O–H groups in total. The van der Waals surface area contributed by atoms with Gasteiger partial charge in [0.1, 0.15) is 0 Å². The summed E-state index contributed by atoms with van der Waals surface area (Å²) in [5.74, 6) is 0.182. The summed E-state index contributed by atoms with van der Waals surface area (Å²) in [6.45, 7) is 2.90. The molecule has 0 rings (SSSR count). The highest BCUT2D eigenvalue weighted by Gasteiger charge is 2.03. The molecule has 2 nitrogen and oxygen atoms in total. The van der Waals surface area contributed by atoms with E-state index in [1.165, 1.54) is 0 Å². The van der Waals surface area contributed by atoms with E-state index < -0.39 is 0 Å². The van der Waals surface area contributed by atoms with E-state index in [0.29, 0.717) is 11.7 Å². The second kappa shape index (κ2) is 8.88. The first-order valence-electron chi connectivity index (χ1n) is 4.56. The fraction of sp³-hybridized carbons (Fsp3) is 0.889. The van der Waals surface area contributed by atoms with E-state index in [2.05, 4.69) is 34.4 Å². The number of halogens is 1. The minimum absolute atomic E-state index is 0.182. The second-order valence-electron chi connectivity index (χ2n) is 3.00. The average Bonchev–Trinajstić information content (AvgIpc) is 2.14. The minimum Gasteiger partial charge on any atom is -0.355 e. The van der Waals surface area contributed by atoms with E-state index in [-0.39, 0.29) is 5.91 Å². The number of amides is 1. The molecule has 1 unspecified atom stereocenters. The number of rotatable bonds is 7. The molecule has 0 aliphatic carbocycles. The summed E-state index contributed by atoms with van der Waals surface area (Å²) < 4.78 is 0. The molecule has 0 aromatic rings.